The van der Waals surface area contributed by atoms with Gasteiger partial charge in [-0.05, 0) is 31.0 Å². The zero-order valence-corrected chi connectivity index (χ0v) is 19.3. The summed E-state index contributed by atoms with van der Waals surface area (Å²) in [7, 11) is 0. The normalized spacial score (nSPS) is 15.8. The van der Waals surface area contributed by atoms with Crippen LogP contribution in [-0.2, 0) is 17.6 Å². The van der Waals surface area contributed by atoms with Gasteiger partial charge < -0.3 is 14.7 Å². The predicted molar refractivity (Wildman–Crippen MR) is 126 cm³/mol. The van der Waals surface area contributed by atoms with E-state index in [-0.39, 0.29) is 0 Å². The highest BCUT2D eigenvalue weighted by molar-refractivity contribution is 6.30. The first kappa shape index (κ1) is 23.7. The Hall–Kier alpha value is -1.99. The molecule has 1 N–H and O–H groups in total. The highest BCUT2D eigenvalue weighted by atomic mass is 35.5. The van der Waals surface area contributed by atoms with Crippen molar-refractivity contribution in [3.63, 3.8) is 0 Å². The van der Waals surface area contributed by atoms with Crippen molar-refractivity contribution in [3.05, 3.63) is 64.6 Å². The van der Waals surface area contributed by atoms with Crippen molar-refractivity contribution in [2.24, 2.45) is 0 Å². The molecule has 1 aliphatic heterocycles. The summed E-state index contributed by atoms with van der Waals surface area (Å²) in [6, 6.07) is 8.00. The van der Waals surface area contributed by atoms with Crippen molar-refractivity contribution in [1.29, 1.82) is 0 Å². The molecule has 2 aromatic rings. The Morgan fingerprint density at radius 3 is 2.55 bits per heavy atom. The van der Waals surface area contributed by atoms with Crippen molar-refractivity contribution in [1.82, 2.24) is 14.9 Å². The van der Waals surface area contributed by atoms with Gasteiger partial charge in [0.1, 0.15) is 11.6 Å². The van der Waals surface area contributed by atoms with E-state index in [1.807, 2.05) is 19.1 Å². The van der Waals surface area contributed by atoms with Crippen LogP contribution in [0.25, 0.3) is 0 Å². The van der Waals surface area contributed by atoms with Gasteiger partial charge in [0.15, 0.2) is 0 Å². The molecule has 1 fully saturated rings. The maximum absolute atomic E-state index is 10.2. The molecule has 2 heterocycles. The van der Waals surface area contributed by atoms with Crippen LogP contribution in [0.1, 0.15) is 29.6 Å². The topological polar surface area (TPSA) is 61.7 Å². The van der Waals surface area contributed by atoms with E-state index in [2.05, 4.69) is 35.4 Å². The minimum Gasteiger partial charge on any atom is -0.389 e. The third kappa shape index (κ3) is 6.74. The van der Waals surface area contributed by atoms with Gasteiger partial charge in [-0.15, -0.1) is 6.58 Å². The lowest BCUT2D eigenvalue weighted by Gasteiger charge is -2.37. The molecule has 0 radical (unpaired) electrons. The fourth-order valence-electron chi connectivity index (χ4n) is 3.96. The number of aromatic nitrogens is 2. The fraction of sp³-hybridized carbons (Fsp3) is 0.500. The molecular weight excluding hydrogens is 412 g/mol. The molecule has 168 valence electrons. The van der Waals surface area contributed by atoms with Gasteiger partial charge in [-0.1, -0.05) is 36.7 Å². The summed E-state index contributed by atoms with van der Waals surface area (Å²) < 4.78 is 5.36. The van der Waals surface area contributed by atoms with E-state index in [0.717, 1.165) is 61.4 Å². The molecule has 7 heteroatoms. The third-order valence-electron chi connectivity index (χ3n) is 5.50. The highest BCUT2D eigenvalue weighted by Crippen LogP contribution is 2.26. The number of ether oxygens (including phenoxy) is 1. The number of β-amino-alcohol motifs (C(OH)–C–C–N with tert-alkyl or cyclic N) is 1. The Morgan fingerprint density at radius 2 is 1.90 bits per heavy atom. The summed E-state index contributed by atoms with van der Waals surface area (Å²) in [5.41, 5.74) is 3.51. The number of aliphatic hydroxyl groups excluding tert-OH is 1. The van der Waals surface area contributed by atoms with Crippen LogP contribution >= 0.6 is 11.6 Å². The molecule has 0 amide bonds. The van der Waals surface area contributed by atoms with Gasteiger partial charge in [0.05, 0.1) is 19.3 Å². The molecular formula is C24H33ClN4O2. The van der Waals surface area contributed by atoms with Gasteiger partial charge >= 0.3 is 0 Å². The molecule has 1 aromatic heterocycles. The molecule has 1 saturated heterocycles. The zero-order chi connectivity index (χ0) is 22.2. The number of aliphatic hydroxyl groups is 1. The van der Waals surface area contributed by atoms with Crippen LogP contribution in [0, 0.1) is 6.92 Å². The summed E-state index contributed by atoms with van der Waals surface area (Å²) in [4.78, 5) is 14.2. The van der Waals surface area contributed by atoms with Gasteiger partial charge in [-0.3, -0.25) is 4.90 Å². The summed E-state index contributed by atoms with van der Waals surface area (Å²) in [6.45, 7) is 12.6. The number of benzene rings is 1. The molecule has 1 aliphatic rings. The van der Waals surface area contributed by atoms with Gasteiger partial charge in [-0.2, -0.15) is 0 Å². The molecule has 0 saturated carbocycles. The quantitative estimate of drug-likeness (QED) is 0.448. The first-order chi connectivity index (χ1) is 15.0. The van der Waals surface area contributed by atoms with Crippen molar-refractivity contribution >= 4 is 17.4 Å². The number of nitrogens with zero attached hydrogens (tertiary/aromatic N) is 4. The second-order valence-electron chi connectivity index (χ2n) is 7.94. The van der Waals surface area contributed by atoms with Crippen LogP contribution in [0.4, 0.5) is 5.82 Å². The largest absolute Gasteiger partial charge is 0.389 e. The predicted octanol–water partition coefficient (Wildman–Crippen LogP) is 3.28. The lowest BCUT2D eigenvalue weighted by atomic mass is 10.0. The molecule has 1 unspecified atom stereocenters. The van der Waals surface area contributed by atoms with E-state index in [9.17, 15) is 5.11 Å². The SMILES string of the molecule is C=CCOCC(O)CN1CCN(c2nc(C)nc(CC)c2Cc2ccc(Cl)cc2)CC1. The van der Waals surface area contributed by atoms with Gasteiger partial charge in [0, 0.05) is 55.4 Å². The Morgan fingerprint density at radius 1 is 1.19 bits per heavy atom. The van der Waals surface area contributed by atoms with Crippen LogP contribution in [-0.4, -0.2) is 72.0 Å². The number of rotatable bonds is 10. The van der Waals surface area contributed by atoms with E-state index < -0.39 is 6.10 Å². The summed E-state index contributed by atoms with van der Waals surface area (Å²) in [5, 5.41) is 10.9. The maximum atomic E-state index is 10.2. The number of piperazine rings is 1. The monoisotopic (exact) mass is 444 g/mol. The Balaban J connectivity index is 1.70. The molecule has 6 nitrogen and oxygen atoms in total. The number of hydrogen-bond donors (Lipinski definition) is 1. The molecule has 0 spiro atoms. The minimum absolute atomic E-state index is 0.336. The number of hydrogen-bond acceptors (Lipinski definition) is 6. The van der Waals surface area contributed by atoms with E-state index in [4.69, 9.17) is 26.3 Å². The molecule has 0 bridgehead atoms. The zero-order valence-electron chi connectivity index (χ0n) is 18.6. The second kappa shape index (κ2) is 11.6. The Bertz CT molecular complexity index is 851. The number of halogens is 1. The summed E-state index contributed by atoms with van der Waals surface area (Å²) >= 11 is 6.06. The fourth-order valence-corrected chi connectivity index (χ4v) is 4.09. The molecule has 31 heavy (non-hydrogen) atoms. The van der Waals surface area contributed by atoms with Crippen LogP contribution in [0.5, 0.6) is 0 Å². The van der Waals surface area contributed by atoms with Crippen molar-refractivity contribution < 1.29 is 9.84 Å². The number of anilines is 1. The van der Waals surface area contributed by atoms with Crippen LogP contribution < -0.4 is 4.90 Å². The molecule has 0 aliphatic carbocycles. The van der Waals surface area contributed by atoms with E-state index in [0.29, 0.717) is 19.8 Å². The van der Waals surface area contributed by atoms with Gasteiger partial charge in [0.25, 0.3) is 0 Å². The average Bonchev–Trinajstić information content (AvgIpc) is 2.77. The second-order valence-corrected chi connectivity index (χ2v) is 8.38. The van der Waals surface area contributed by atoms with Crippen molar-refractivity contribution in [3.8, 4) is 0 Å². The van der Waals surface area contributed by atoms with Crippen LogP contribution in [0.3, 0.4) is 0 Å². The molecule has 1 atom stereocenters. The Kier molecular flexibility index (Phi) is 8.84. The lowest BCUT2D eigenvalue weighted by Crippen LogP contribution is -2.49. The summed E-state index contributed by atoms with van der Waals surface area (Å²) in [5.74, 6) is 1.85. The standard InChI is InChI=1S/C24H33ClN4O2/c1-4-14-31-17-21(30)16-28-10-12-29(13-11-28)24-22(23(5-2)26-18(3)27-24)15-19-6-8-20(25)9-7-19/h4,6-9,21,30H,1,5,10-17H2,2-3H3. The average molecular weight is 445 g/mol. The maximum Gasteiger partial charge on any atom is 0.136 e. The van der Waals surface area contributed by atoms with Crippen LogP contribution in [0.2, 0.25) is 5.02 Å². The van der Waals surface area contributed by atoms with Crippen LogP contribution in [0.15, 0.2) is 36.9 Å². The van der Waals surface area contributed by atoms with Crippen molar-refractivity contribution in [2.75, 3.05) is 50.8 Å². The highest BCUT2D eigenvalue weighted by Gasteiger charge is 2.24. The minimum atomic E-state index is -0.486. The third-order valence-corrected chi connectivity index (χ3v) is 5.75. The smallest absolute Gasteiger partial charge is 0.136 e. The molecule has 3 rings (SSSR count). The first-order valence-electron chi connectivity index (χ1n) is 10.9. The first-order valence-corrected chi connectivity index (χ1v) is 11.3. The van der Waals surface area contributed by atoms with E-state index in [1.165, 1.54) is 11.1 Å². The van der Waals surface area contributed by atoms with Gasteiger partial charge in [-0.25, -0.2) is 9.97 Å². The van der Waals surface area contributed by atoms with E-state index >= 15 is 0 Å². The Labute approximate surface area is 190 Å². The lowest BCUT2D eigenvalue weighted by molar-refractivity contribution is 0.0252. The summed E-state index contributed by atoms with van der Waals surface area (Å²) in [6.07, 6.45) is 2.87. The van der Waals surface area contributed by atoms with E-state index in [1.54, 1.807) is 6.08 Å². The number of aryl methyl sites for hydroxylation is 2. The van der Waals surface area contributed by atoms with Gasteiger partial charge in [0.2, 0.25) is 0 Å². The van der Waals surface area contributed by atoms with Crippen molar-refractivity contribution in [2.45, 2.75) is 32.8 Å². The molecule has 1 aromatic carbocycles.